The quantitative estimate of drug-likeness (QED) is 0.690. The third-order valence-electron chi connectivity index (χ3n) is 2.58. The Morgan fingerprint density at radius 1 is 1.10 bits per heavy atom. The number of hydrogen-bond acceptors (Lipinski definition) is 2. The monoisotopic (exact) mass is 289 g/mol. The second-order valence-corrected chi connectivity index (χ2v) is 5.11. The number of rotatable bonds is 3. The van der Waals surface area contributed by atoms with Crippen LogP contribution in [0.5, 0.6) is 0 Å². The van der Waals surface area contributed by atoms with Gasteiger partial charge in [-0.2, -0.15) is 0 Å². The summed E-state index contributed by atoms with van der Waals surface area (Å²) in [6.45, 7) is 0.249. The van der Waals surface area contributed by atoms with Crippen LogP contribution in [0.1, 0.15) is 11.1 Å². The first-order chi connectivity index (χ1) is 9.69. The average molecular weight is 289 g/mol. The van der Waals surface area contributed by atoms with Gasteiger partial charge >= 0.3 is 0 Å². The highest BCUT2D eigenvalue weighted by Crippen LogP contribution is 2.24. The molecule has 1 nitrogen and oxygen atoms in total. The number of thioether (sulfide) groups is 1. The molecule has 0 amide bonds. The molecule has 0 saturated heterocycles. The molecular weight excluding hydrogens is 276 g/mol. The van der Waals surface area contributed by atoms with E-state index < -0.39 is 0 Å². The highest BCUT2D eigenvalue weighted by atomic mass is 32.2. The van der Waals surface area contributed by atoms with Crippen molar-refractivity contribution in [3.8, 4) is 11.8 Å². The van der Waals surface area contributed by atoms with Crippen LogP contribution in [-0.4, -0.2) is 6.54 Å². The maximum Gasteiger partial charge on any atom is 0.128 e. The summed E-state index contributed by atoms with van der Waals surface area (Å²) in [7, 11) is 0. The highest BCUT2D eigenvalue weighted by molar-refractivity contribution is 7.98. The topological polar surface area (TPSA) is 26.0 Å². The zero-order chi connectivity index (χ0) is 14.4. The standard InChI is InChI=1S/C16H13F2NS/c17-14-4-1-5-15(10-14)20-11-13-7-6-12(3-2-8-19)9-16(13)18/h1,4-7,9-10H,8,11,19H2. The smallest absolute Gasteiger partial charge is 0.128 e. The van der Waals surface area contributed by atoms with E-state index in [1.807, 2.05) is 0 Å². The Balaban J connectivity index is 2.06. The van der Waals surface area contributed by atoms with Crippen molar-refractivity contribution in [3.63, 3.8) is 0 Å². The van der Waals surface area contributed by atoms with E-state index in [1.165, 1.54) is 30.0 Å². The van der Waals surface area contributed by atoms with E-state index in [0.717, 1.165) is 4.90 Å². The molecule has 0 unspecified atom stereocenters. The van der Waals surface area contributed by atoms with Crippen molar-refractivity contribution in [2.24, 2.45) is 5.73 Å². The summed E-state index contributed by atoms with van der Waals surface area (Å²) >= 11 is 1.39. The minimum absolute atomic E-state index is 0.249. The van der Waals surface area contributed by atoms with Gasteiger partial charge in [0.25, 0.3) is 0 Å². The summed E-state index contributed by atoms with van der Waals surface area (Å²) in [5.41, 5.74) is 6.44. The van der Waals surface area contributed by atoms with Gasteiger partial charge in [0.1, 0.15) is 11.6 Å². The molecule has 0 aliphatic heterocycles. The molecule has 0 saturated carbocycles. The molecule has 0 fully saturated rings. The van der Waals surface area contributed by atoms with Crippen LogP contribution >= 0.6 is 11.8 Å². The lowest BCUT2D eigenvalue weighted by atomic mass is 10.1. The lowest BCUT2D eigenvalue weighted by molar-refractivity contribution is 0.617. The zero-order valence-corrected chi connectivity index (χ0v) is 11.5. The molecule has 102 valence electrons. The summed E-state index contributed by atoms with van der Waals surface area (Å²) in [4.78, 5) is 0.774. The molecule has 0 aliphatic rings. The summed E-state index contributed by atoms with van der Waals surface area (Å²) in [6.07, 6.45) is 0. The van der Waals surface area contributed by atoms with Crippen molar-refractivity contribution in [1.82, 2.24) is 0 Å². The van der Waals surface area contributed by atoms with Gasteiger partial charge in [-0.1, -0.05) is 24.0 Å². The Bertz CT molecular complexity index is 659. The van der Waals surface area contributed by atoms with Crippen molar-refractivity contribution >= 4 is 11.8 Å². The van der Waals surface area contributed by atoms with E-state index in [2.05, 4.69) is 11.8 Å². The summed E-state index contributed by atoms with van der Waals surface area (Å²) in [6, 6.07) is 11.1. The Labute approximate surface area is 121 Å². The van der Waals surface area contributed by atoms with E-state index in [-0.39, 0.29) is 18.2 Å². The number of nitrogens with two attached hydrogens (primary N) is 1. The molecule has 2 aromatic carbocycles. The molecule has 2 N–H and O–H groups in total. The average Bonchev–Trinajstić information content (AvgIpc) is 2.44. The third-order valence-corrected chi connectivity index (χ3v) is 3.62. The molecule has 0 radical (unpaired) electrons. The van der Waals surface area contributed by atoms with E-state index in [1.54, 1.807) is 24.3 Å². The Hall–Kier alpha value is -1.83. The van der Waals surface area contributed by atoms with Crippen LogP contribution in [0.3, 0.4) is 0 Å². The van der Waals surface area contributed by atoms with Gasteiger partial charge < -0.3 is 5.73 Å². The predicted molar refractivity (Wildman–Crippen MR) is 78.3 cm³/mol. The van der Waals surface area contributed by atoms with Crippen molar-refractivity contribution in [2.45, 2.75) is 10.6 Å². The first-order valence-corrected chi connectivity index (χ1v) is 7.03. The SMILES string of the molecule is NCC#Cc1ccc(CSc2cccc(F)c2)c(F)c1. The third kappa shape index (κ3) is 4.09. The van der Waals surface area contributed by atoms with Gasteiger partial charge in [-0.3, -0.25) is 0 Å². The van der Waals surface area contributed by atoms with Crippen molar-refractivity contribution in [3.05, 3.63) is 65.2 Å². The maximum absolute atomic E-state index is 13.9. The normalized spacial score (nSPS) is 9.95. The second-order valence-electron chi connectivity index (χ2n) is 4.06. The van der Waals surface area contributed by atoms with Gasteiger partial charge in [-0.25, -0.2) is 8.78 Å². The van der Waals surface area contributed by atoms with Crippen LogP contribution in [0, 0.1) is 23.5 Å². The van der Waals surface area contributed by atoms with Crippen molar-refractivity contribution in [2.75, 3.05) is 6.54 Å². The first kappa shape index (κ1) is 14.6. The molecular formula is C16H13F2NS. The van der Waals surface area contributed by atoms with Crippen molar-refractivity contribution in [1.29, 1.82) is 0 Å². The number of hydrogen-bond donors (Lipinski definition) is 1. The van der Waals surface area contributed by atoms with Gasteiger partial charge in [-0.05, 0) is 35.9 Å². The second kappa shape index (κ2) is 7.09. The molecule has 4 heteroatoms. The van der Waals surface area contributed by atoms with Crippen LogP contribution in [0.4, 0.5) is 8.78 Å². The minimum Gasteiger partial charge on any atom is -0.320 e. The molecule has 0 heterocycles. The fourth-order valence-corrected chi connectivity index (χ4v) is 2.54. The molecule has 0 spiro atoms. The summed E-state index contributed by atoms with van der Waals surface area (Å²) < 4.78 is 26.9. The lowest BCUT2D eigenvalue weighted by Gasteiger charge is -2.04. The summed E-state index contributed by atoms with van der Waals surface area (Å²) in [5, 5.41) is 0. The lowest BCUT2D eigenvalue weighted by Crippen LogP contribution is -1.94. The molecule has 0 bridgehead atoms. The van der Waals surface area contributed by atoms with Crippen LogP contribution < -0.4 is 5.73 Å². The molecule has 2 rings (SSSR count). The Kier molecular flexibility index (Phi) is 5.16. The van der Waals surface area contributed by atoms with Gasteiger partial charge in [-0.15, -0.1) is 11.8 Å². The van der Waals surface area contributed by atoms with Crippen LogP contribution in [-0.2, 0) is 5.75 Å². The van der Waals surface area contributed by atoms with E-state index in [4.69, 9.17) is 5.73 Å². The Morgan fingerprint density at radius 2 is 1.95 bits per heavy atom. The largest absolute Gasteiger partial charge is 0.320 e. The zero-order valence-electron chi connectivity index (χ0n) is 10.7. The molecule has 2 aromatic rings. The van der Waals surface area contributed by atoms with E-state index in [0.29, 0.717) is 16.9 Å². The molecule has 0 aliphatic carbocycles. The van der Waals surface area contributed by atoms with E-state index in [9.17, 15) is 8.78 Å². The summed E-state index contributed by atoms with van der Waals surface area (Å²) in [5.74, 6) is 5.31. The molecule has 0 atom stereocenters. The van der Waals surface area contributed by atoms with E-state index >= 15 is 0 Å². The maximum atomic E-state index is 13.9. The number of halogens is 2. The number of benzene rings is 2. The van der Waals surface area contributed by atoms with Gasteiger partial charge in [0, 0.05) is 16.2 Å². The highest BCUT2D eigenvalue weighted by Gasteiger charge is 2.04. The van der Waals surface area contributed by atoms with Crippen LogP contribution in [0.2, 0.25) is 0 Å². The van der Waals surface area contributed by atoms with Crippen LogP contribution in [0.15, 0.2) is 47.4 Å². The van der Waals surface area contributed by atoms with Crippen molar-refractivity contribution < 1.29 is 8.78 Å². The van der Waals surface area contributed by atoms with Gasteiger partial charge in [0.2, 0.25) is 0 Å². The Morgan fingerprint density at radius 3 is 2.65 bits per heavy atom. The molecule has 0 aromatic heterocycles. The minimum atomic E-state index is -0.308. The van der Waals surface area contributed by atoms with Crippen LogP contribution in [0.25, 0.3) is 0 Å². The van der Waals surface area contributed by atoms with Gasteiger partial charge in [0.05, 0.1) is 6.54 Å². The van der Waals surface area contributed by atoms with Gasteiger partial charge in [0.15, 0.2) is 0 Å². The fourth-order valence-electron chi connectivity index (χ4n) is 1.61. The predicted octanol–water partition coefficient (Wildman–Crippen LogP) is 3.57. The fraction of sp³-hybridized carbons (Fsp3) is 0.125. The first-order valence-electron chi connectivity index (χ1n) is 6.05. The molecule has 20 heavy (non-hydrogen) atoms.